The maximum Gasteiger partial charge on any atom is 0.251 e. The van der Waals surface area contributed by atoms with Crippen LogP contribution in [0.3, 0.4) is 0 Å². The standard InChI is InChI=1S/C10H17N3O2/c1-9(14)10(15)13-7-5-12(6-8-13)4-2-3-11/h9,14H,2,4-8H2,1H3. The summed E-state index contributed by atoms with van der Waals surface area (Å²) in [7, 11) is 0. The van der Waals surface area contributed by atoms with Gasteiger partial charge in [-0.3, -0.25) is 9.69 Å². The average Bonchev–Trinajstić information content (AvgIpc) is 2.26. The van der Waals surface area contributed by atoms with Crippen LogP contribution in [0, 0.1) is 11.3 Å². The first kappa shape index (κ1) is 12.0. The predicted molar refractivity (Wildman–Crippen MR) is 54.9 cm³/mol. The fourth-order valence-corrected chi connectivity index (χ4v) is 1.66. The first-order valence-electron chi connectivity index (χ1n) is 5.21. The minimum atomic E-state index is -0.907. The Labute approximate surface area is 89.9 Å². The molecule has 0 spiro atoms. The summed E-state index contributed by atoms with van der Waals surface area (Å²) in [6.07, 6.45) is -0.375. The van der Waals surface area contributed by atoms with Crippen molar-refractivity contribution in [2.75, 3.05) is 32.7 Å². The van der Waals surface area contributed by atoms with Crippen LogP contribution in [-0.2, 0) is 4.79 Å². The zero-order valence-electron chi connectivity index (χ0n) is 9.02. The molecule has 1 unspecified atom stereocenters. The van der Waals surface area contributed by atoms with Crippen molar-refractivity contribution in [2.24, 2.45) is 0 Å². The Morgan fingerprint density at radius 1 is 1.47 bits per heavy atom. The molecule has 1 amide bonds. The molecular weight excluding hydrogens is 194 g/mol. The highest BCUT2D eigenvalue weighted by Crippen LogP contribution is 2.04. The average molecular weight is 211 g/mol. The number of nitrogens with zero attached hydrogens (tertiary/aromatic N) is 3. The number of hydrogen-bond acceptors (Lipinski definition) is 4. The van der Waals surface area contributed by atoms with Crippen molar-refractivity contribution in [3.63, 3.8) is 0 Å². The molecule has 0 aromatic carbocycles. The lowest BCUT2D eigenvalue weighted by molar-refractivity contribution is -0.141. The molecule has 1 heterocycles. The van der Waals surface area contributed by atoms with Crippen LogP contribution in [-0.4, -0.2) is 59.6 Å². The SMILES string of the molecule is CC(O)C(=O)N1CCN(CCC#N)CC1. The van der Waals surface area contributed by atoms with Crippen LogP contribution in [0.25, 0.3) is 0 Å². The number of amides is 1. The van der Waals surface area contributed by atoms with Gasteiger partial charge in [0.05, 0.1) is 6.07 Å². The summed E-state index contributed by atoms with van der Waals surface area (Å²) in [6.45, 7) is 5.14. The van der Waals surface area contributed by atoms with E-state index in [1.54, 1.807) is 4.90 Å². The van der Waals surface area contributed by atoms with Gasteiger partial charge in [0, 0.05) is 39.1 Å². The predicted octanol–water partition coefficient (Wildman–Crippen LogP) is -0.575. The lowest BCUT2D eigenvalue weighted by Crippen LogP contribution is -2.51. The third-order valence-electron chi connectivity index (χ3n) is 2.58. The fourth-order valence-electron chi connectivity index (χ4n) is 1.66. The summed E-state index contributed by atoms with van der Waals surface area (Å²) in [5.41, 5.74) is 0. The minimum absolute atomic E-state index is 0.199. The van der Waals surface area contributed by atoms with Crippen LogP contribution in [0.5, 0.6) is 0 Å². The molecule has 0 aliphatic carbocycles. The molecule has 1 fully saturated rings. The van der Waals surface area contributed by atoms with E-state index in [0.29, 0.717) is 19.5 Å². The highest BCUT2D eigenvalue weighted by Gasteiger charge is 2.23. The summed E-state index contributed by atoms with van der Waals surface area (Å²) in [5, 5.41) is 17.6. The van der Waals surface area contributed by atoms with E-state index in [1.165, 1.54) is 6.92 Å². The lowest BCUT2D eigenvalue weighted by atomic mass is 10.2. The van der Waals surface area contributed by atoms with Crippen molar-refractivity contribution in [1.82, 2.24) is 9.80 Å². The molecule has 1 saturated heterocycles. The van der Waals surface area contributed by atoms with Gasteiger partial charge in [-0.2, -0.15) is 5.26 Å². The smallest absolute Gasteiger partial charge is 0.251 e. The number of nitriles is 1. The zero-order chi connectivity index (χ0) is 11.3. The molecule has 0 bridgehead atoms. The lowest BCUT2D eigenvalue weighted by Gasteiger charge is -2.34. The number of hydrogen-bond donors (Lipinski definition) is 1. The second kappa shape index (κ2) is 5.69. The molecule has 1 N–H and O–H groups in total. The molecule has 0 saturated carbocycles. The van der Waals surface area contributed by atoms with E-state index in [4.69, 9.17) is 10.4 Å². The Balaban J connectivity index is 2.30. The molecule has 5 nitrogen and oxygen atoms in total. The molecule has 84 valence electrons. The number of aliphatic hydroxyl groups is 1. The van der Waals surface area contributed by atoms with Crippen LogP contribution in [0.2, 0.25) is 0 Å². The van der Waals surface area contributed by atoms with Crippen LogP contribution in [0.15, 0.2) is 0 Å². The van der Waals surface area contributed by atoms with Crippen molar-refractivity contribution in [3.05, 3.63) is 0 Å². The van der Waals surface area contributed by atoms with Crippen molar-refractivity contribution in [2.45, 2.75) is 19.4 Å². The summed E-state index contributed by atoms with van der Waals surface area (Å²) in [5.74, 6) is -0.199. The second-order valence-corrected chi connectivity index (χ2v) is 3.75. The molecule has 5 heteroatoms. The van der Waals surface area contributed by atoms with Crippen LogP contribution >= 0.6 is 0 Å². The van der Waals surface area contributed by atoms with Gasteiger partial charge in [0.15, 0.2) is 0 Å². The van der Waals surface area contributed by atoms with Gasteiger partial charge in [0.2, 0.25) is 0 Å². The van der Waals surface area contributed by atoms with E-state index in [1.807, 2.05) is 0 Å². The first-order valence-corrected chi connectivity index (χ1v) is 5.21. The maximum absolute atomic E-state index is 11.4. The Hall–Kier alpha value is -1.12. The topological polar surface area (TPSA) is 67.6 Å². The third kappa shape index (κ3) is 3.50. The van der Waals surface area contributed by atoms with Crippen molar-refractivity contribution >= 4 is 5.91 Å². The molecule has 0 radical (unpaired) electrons. The van der Waals surface area contributed by atoms with Gasteiger partial charge >= 0.3 is 0 Å². The molecule has 1 aliphatic rings. The fraction of sp³-hybridized carbons (Fsp3) is 0.800. The molecule has 0 aromatic rings. The Bertz CT molecular complexity index is 252. The molecule has 1 aliphatic heterocycles. The number of carbonyl (C=O) groups excluding carboxylic acids is 1. The van der Waals surface area contributed by atoms with Crippen LogP contribution in [0.4, 0.5) is 0 Å². The highest BCUT2D eigenvalue weighted by molar-refractivity contribution is 5.80. The summed E-state index contributed by atoms with van der Waals surface area (Å²) < 4.78 is 0. The summed E-state index contributed by atoms with van der Waals surface area (Å²) in [4.78, 5) is 15.3. The van der Waals surface area contributed by atoms with E-state index >= 15 is 0 Å². The molecule has 0 aromatic heterocycles. The largest absolute Gasteiger partial charge is 0.384 e. The van der Waals surface area contributed by atoms with Gasteiger partial charge < -0.3 is 10.0 Å². The number of aliphatic hydroxyl groups excluding tert-OH is 1. The van der Waals surface area contributed by atoms with E-state index in [9.17, 15) is 4.79 Å². The first-order chi connectivity index (χ1) is 7.15. The van der Waals surface area contributed by atoms with Gasteiger partial charge in [-0.1, -0.05) is 0 Å². The quantitative estimate of drug-likeness (QED) is 0.678. The Morgan fingerprint density at radius 3 is 2.53 bits per heavy atom. The van der Waals surface area contributed by atoms with Crippen LogP contribution < -0.4 is 0 Å². The normalized spacial score (nSPS) is 19.7. The van der Waals surface area contributed by atoms with E-state index in [0.717, 1.165) is 19.6 Å². The monoisotopic (exact) mass is 211 g/mol. The number of rotatable bonds is 3. The number of piperazine rings is 1. The van der Waals surface area contributed by atoms with Gasteiger partial charge in [-0.05, 0) is 6.92 Å². The Kier molecular flexibility index (Phi) is 4.53. The molecule has 1 atom stereocenters. The van der Waals surface area contributed by atoms with Gasteiger partial charge in [-0.25, -0.2) is 0 Å². The molecule has 15 heavy (non-hydrogen) atoms. The van der Waals surface area contributed by atoms with Crippen LogP contribution in [0.1, 0.15) is 13.3 Å². The van der Waals surface area contributed by atoms with E-state index < -0.39 is 6.10 Å². The van der Waals surface area contributed by atoms with Gasteiger partial charge in [-0.15, -0.1) is 0 Å². The zero-order valence-corrected chi connectivity index (χ0v) is 9.02. The van der Waals surface area contributed by atoms with Crippen molar-refractivity contribution in [3.8, 4) is 6.07 Å². The maximum atomic E-state index is 11.4. The van der Waals surface area contributed by atoms with Gasteiger partial charge in [0.1, 0.15) is 6.10 Å². The van der Waals surface area contributed by atoms with E-state index in [2.05, 4.69) is 11.0 Å². The summed E-state index contributed by atoms with van der Waals surface area (Å²) >= 11 is 0. The molecular formula is C10H17N3O2. The second-order valence-electron chi connectivity index (χ2n) is 3.75. The highest BCUT2D eigenvalue weighted by atomic mass is 16.3. The van der Waals surface area contributed by atoms with Crippen molar-refractivity contribution < 1.29 is 9.90 Å². The molecule has 1 rings (SSSR count). The van der Waals surface area contributed by atoms with Gasteiger partial charge in [0.25, 0.3) is 5.91 Å². The Morgan fingerprint density at radius 2 is 2.07 bits per heavy atom. The minimum Gasteiger partial charge on any atom is -0.384 e. The van der Waals surface area contributed by atoms with E-state index in [-0.39, 0.29) is 5.91 Å². The van der Waals surface area contributed by atoms with Crippen molar-refractivity contribution in [1.29, 1.82) is 5.26 Å². The number of carbonyl (C=O) groups is 1. The third-order valence-corrected chi connectivity index (χ3v) is 2.58. The summed E-state index contributed by atoms with van der Waals surface area (Å²) in [6, 6.07) is 2.10.